The molecule has 0 saturated carbocycles. The van der Waals surface area contributed by atoms with Crippen LogP contribution < -0.4 is 5.32 Å². The molecule has 1 aromatic heterocycles. The molecule has 1 aliphatic heterocycles. The Balaban J connectivity index is 1.89. The summed E-state index contributed by atoms with van der Waals surface area (Å²) in [5.41, 5.74) is 2.73. The predicted octanol–water partition coefficient (Wildman–Crippen LogP) is 2.15. The monoisotopic (exact) mass is 220 g/mol. The summed E-state index contributed by atoms with van der Waals surface area (Å²) in [5, 5.41) is 3.12. The highest BCUT2D eigenvalue weighted by Gasteiger charge is 2.11. The number of hydrogen-bond acceptors (Lipinski definition) is 3. The molecule has 0 saturated heterocycles. The minimum Gasteiger partial charge on any atom is -0.468 e. The fourth-order valence-electron chi connectivity index (χ4n) is 1.98. The summed E-state index contributed by atoms with van der Waals surface area (Å²) in [6.07, 6.45) is 5.34. The van der Waals surface area contributed by atoms with Crippen LogP contribution in [0, 0.1) is 0 Å². The van der Waals surface area contributed by atoms with Gasteiger partial charge in [-0.05, 0) is 26.5 Å². The van der Waals surface area contributed by atoms with Crippen molar-refractivity contribution < 1.29 is 4.42 Å². The van der Waals surface area contributed by atoms with Crippen LogP contribution in [0.2, 0.25) is 0 Å². The van der Waals surface area contributed by atoms with E-state index >= 15 is 0 Å². The average molecular weight is 220 g/mol. The fourth-order valence-corrected chi connectivity index (χ4v) is 1.98. The molecular formula is C13H20N2O. The number of rotatable bonds is 4. The molecular weight excluding hydrogens is 200 g/mol. The van der Waals surface area contributed by atoms with Crippen LogP contribution in [0.15, 0.2) is 28.4 Å². The summed E-state index contributed by atoms with van der Waals surface area (Å²) in [6, 6.07) is 2.14. The predicted molar refractivity (Wildman–Crippen MR) is 65.1 cm³/mol. The van der Waals surface area contributed by atoms with E-state index in [1.165, 1.54) is 17.6 Å². The van der Waals surface area contributed by atoms with Crippen LogP contribution in [0.1, 0.15) is 24.7 Å². The van der Waals surface area contributed by atoms with Crippen molar-refractivity contribution in [2.75, 3.05) is 20.1 Å². The van der Waals surface area contributed by atoms with Gasteiger partial charge >= 0.3 is 0 Å². The van der Waals surface area contributed by atoms with Crippen molar-refractivity contribution in [3.05, 3.63) is 35.3 Å². The smallest absolute Gasteiger partial charge is 0.118 e. The molecule has 88 valence electrons. The summed E-state index contributed by atoms with van der Waals surface area (Å²) in [4.78, 5) is 2.41. The van der Waals surface area contributed by atoms with E-state index in [2.05, 4.69) is 29.3 Å². The molecule has 1 aromatic rings. The third-order valence-corrected chi connectivity index (χ3v) is 2.99. The van der Waals surface area contributed by atoms with Crippen molar-refractivity contribution in [2.24, 2.45) is 0 Å². The first-order valence-electron chi connectivity index (χ1n) is 5.87. The van der Waals surface area contributed by atoms with Gasteiger partial charge in [0.15, 0.2) is 0 Å². The van der Waals surface area contributed by atoms with Crippen molar-refractivity contribution in [1.29, 1.82) is 0 Å². The van der Waals surface area contributed by atoms with Gasteiger partial charge in [0.05, 0.1) is 12.8 Å². The molecule has 0 bridgehead atoms. The molecule has 3 heteroatoms. The molecule has 1 aliphatic rings. The van der Waals surface area contributed by atoms with E-state index in [0.717, 1.165) is 31.9 Å². The van der Waals surface area contributed by atoms with Gasteiger partial charge in [-0.15, -0.1) is 0 Å². The molecule has 0 fully saturated rings. The van der Waals surface area contributed by atoms with Crippen LogP contribution in [-0.4, -0.2) is 25.0 Å². The topological polar surface area (TPSA) is 28.4 Å². The van der Waals surface area contributed by atoms with Crippen LogP contribution in [0.5, 0.6) is 0 Å². The SMILES string of the molecule is CNCc1coc(CN2CC=C(C)CC2)c1. The summed E-state index contributed by atoms with van der Waals surface area (Å²) >= 11 is 0. The summed E-state index contributed by atoms with van der Waals surface area (Å²) < 4.78 is 5.54. The molecule has 0 spiro atoms. The minimum absolute atomic E-state index is 0.877. The van der Waals surface area contributed by atoms with Gasteiger partial charge in [0.25, 0.3) is 0 Å². The molecule has 0 radical (unpaired) electrons. The molecule has 16 heavy (non-hydrogen) atoms. The molecule has 2 rings (SSSR count). The summed E-state index contributed by atoms with van der Waals surface area (Å²) in [6.45, 7) is 6.20. The van der Waals surface area contributed by atoms with Gasteiger partial charge in [0.2, 0.25) is 0 Å². The standard InChI is InChI=1S/C13H20N2O/c1-11-3-5-15(6-4-11)9-13-7-12(8-14-2)10-16-13/h3,7,10,14H,4-6,8-9H2,1-2H3. The largest absolute Gasteiger partial charge is 0.468 e. The van der Waals surface area contributed by atoms with Gasteiger partial charge in [-0.2, -0.15) is 0 Å². The number of nitrogens with one attached hydrogen (secondary N) is 1. The van der Waals surface area contributed by atoms with E-state index in [1.807, 2.05) is 13.3 Å². The molecule has 1 N–H and O–H groups in total. The lowest BCUT2D eigenvalue weighted by Gasteiger charge is -2.23. The lowest BCUT2D eigenvalue weighted by atomic mass is 10.1. The number of furan rings is 1. The Morgan fingerprint density at radius 2 is 2.38 bits per heavy atom. The molecule has 0 unspecified atom stereocenters. The maximum absolute atomic E-state index is 5.54. The van der Waals surface area contributed by atoms with E-state index < -0.39 is 0 Å². The third kappa shape index (κ3) is 2.97. The van der Waals surface area contributed by atoms with Crippen molar-refractivity contribution in [3.8, 4) is 0 Å². The van der Waals surface area contributed by atoms with Crippen molar-refractivity contribution in [1.82, 2.24) is 10.2 Å². The number of hydrogen-bond donors (Lipinski definition) is 1. The zero-order chi connectivity index (χ0) is 11.4. The first-order valence-corrected chi connectivity index (χ1v) is 5.87. The molecule has 0 aliphatic carbocycles. The van der Waals surface area contributed by atoms with Gasteiger partial charge in [0, 0.05) is 25.2 Å². The highest BCUT2D eigenvalue weighted by Crippen LogP contribution is 2.15. The first-order chi connectivity index (χ1) is 7.78. The Bertz CT molecular complexity index is 368. The van der Waals surface area contributed by atoms with Gasteiger partial charge in [0.1, 0.15) is 5.76 Å². The summed E-state index contributed by atoms with van der Waals surface area (Å²) in [7, 11) is 1.95. The zero-order valence-electron chi connectivity index (χ0n) is 10.1. The van der Waals surface area contributed by atoms with Crippen LogP contribution >= 0.6 is 0 Å². The number of nitrogens with zero attached hydrogens (tertiary/aromatic N) is 1. The summed E-state index contributed by atoms with van der Waals surface area (Å²) in [5.74, 6) is 1.07. The van der Waals surface area contributed by atoms with Gasteiger partial charge < -0.3 is 9.73 Å². The Morgan fingerprint density at radius 3 is 3.06 bits per heavy atom. The second-order valence-corrected chi connectivity index (χ2v) is 4.49. The molecule has 0 aromatic carbocycles. The van der Waals surface area contributed by atoms with Crippen LogP contribution in [-0.2, 0) is 13.1 Å². The minimum atomic E-state index is 0.877. The molecule has 2 heterocycles. The van der Waals surface area contributed by atoms with Crippen molar-refractivity contribution in [3.63, 3.8) is 0 Å². The van der Waals surface area contributed by atoms with Crippen molar-refractivity contribution in [2.45, 2.75) is 26.4 Å². The van der Waals surface area contributed by atoms with E-state index in [9.17, 15) is 0 Å². The van der Waals surface area contributed by atoms with Gasteiger partial charge in [-0.1, -0.05) is 11.6 Å². The first kappa shape index (κ1) is 11.4. The third-order valence-electron chi connectivity index (χ3n) is 2.99. The lowest BCUT2D eigenvalue weighted by molar-refractivity contribution is 0.261. The maximum Gasteiger partial charge on any atom is 0.118 e. The lowest BCUT2D eigenvalue weighted by Crippen LogP contribution is -2.27. The van der Waals surface area contributed by atoms with Gasteiger partial charge in [-0.25, -0.2) is 0 Å². The molecule has 3 nitrogen and oxygen atoms in total. The Morgan fingerprint density at radius 1 is 1.50 bits per heavy atom. The van der Waals surface area contributed by atoms with Crippen LogP contribution in [0.4, 0.5) is 0 Å². The second-order valence-electron chi connectivity index (χ2n) is 4.49. The highest BCUT2D eigenvalue weighted by molar-refractivity contribution is 5.13. The fraction of sp³-hybridized carbons (Fsp3) is 0.538. The second kappa shape index (κ2) is 5.32. The van der Waals surface area contributed by atoms with Gasteiger partial charge in [-0.3, -0.25) is 4.90 Å². The van der Waals surface area contributed by atoms with Crippen LogP contribution in [0.25, 0.3) is 0 Å². The van der Waals surface area contributed by atoms with Crippen molar-refractivity contribution >= 4 is 0 Å². The quantitative estimate of drug-likeness (QED) is 0.788. The molecule has 0 amide bonds. The Hall–Kier alpha value is -1.06. The Labute approximate surface area is 97.1 Å². The van der Waals surface area contributed by atoms with E-state index in [4.69, 9.17) is 4.42 Å². The zero-order valence-corrected chi connectivity index (χ0v) is 10.1. The van der Waals surface area contributed by atoms with E-state index in [-0.39, 0.29) is 0 Å². The van der Waals surface area contributed by atoms with Crippen LogP contribution in [0.3, 0.4) is 0 Å². The van der Waals surface area contributed by atoms with E-state index in [0.29, 0.717) is 0 Å². The van der Waals surface area contributed by atoms with E-state index in [1.54, 1.807) is 0 Å². The Kier molecular flexibility index (Phi) is 3.80. The molecule has 0 atom stereocenters. The maximum atomic E-state index is 5.54. The average Bonchev–Trinajstić information content (AvgIpc) is 2.70. The highest BCUT2D eigenvalue weighted by atomic mass is 16.3. The normalized spacial score (nSPS) is 17.5.